The Kier molecular flexibility index (Phi) is 7.22. The monoisotopic (exact) mass is 612 g/mol. The van der Waals surface area contributed by atoms with Crippen LogP contribution in [0.1, 0.15) is 45.6 Å². The zero-order valence-electron chi connectivity index (χ0n) is 23.4. The van der Waals surface area contributed by atoms with E-state index in [1.807, 2.05) is 27.7 Å². The standard InChI is InChI=1S/C28H30ClFN6O3SSi/c1-17-6-8-19(9-7-17)40(37,38)36-15-21(20-12-18(29)13-33-25(20)36)23-32-14-22(30)24(34-23)35-27(4)10-5-11-28(16-31,39-41)26(27,2)3/h6-9,12-15H,5,10-11H2,1-4,41H3,(H,32,34,35)/t27-,28?/m0/s1. The van der Waals surface area contributed by atoms with Crippen molar-refractivity contribution in [2.75, 3.05) is 5.32 Å². The second kappa shape index (κ2) is 10.2. The number of hydrogen-bond donors (Lipinski definition) is 1. The van der Waals surface area contributed by atoms with E-state index in [0.717, 1.165) is 15.7 Å². The first-order valence-electron chi connectivity index (χ1n) is 13.0. The van der Waals surface area contributed by atoms with E-state index in [0.29, 0.717) is 40.7 Å². The molecule has 1 fully saturated rings. The van der Waals surface area contributed by atoms with E-state index in [1.54, 1.807) is 18.2 Å². The molecule has 0 aliphatic heterocycles. The Morgan fingerprint density at radius 1 is 1.17 bits per heavy atom. The number of nitriles is 1. The van der Waals surface area contributed by atoms with Crippen molar-refractivity contribution in [2.24, 2.45) is 5.41 Å². The van der Waals surface area contributed by atoms with Crippen LogP contribution in [-0.4, -0.2) is 49.0 Å². The summed E-state index contributed by atoms with van der Waals surface area (Å²) in [5.74, 6) is -0.661. The molecule has 214 valence electrons. The predicted octanol–water partition coefficient (Wildman–Crippen LogP) is 4.77. The van der Waals surface area contributed by atoms with E-state index in [1.165, 1.54) is 24.5 Å². The van der Waals surface area contributed by atoms with Crippen LogP contribution in [0.2, 0.25) is 5.02 Å². The molecule has 1 unspecified atom stereocenters. The van der Waals surface area contributed by atoms with E-state index in [9.17, 15) is 13.7 Å². The zero-order valence-corrected chi connectivity index (χ0v) is 26.9. The molecule has 1 N–H and O–H groups in total. The summed E-state index contributed by atoms with van der Waals surface area (Å²) in [6.07, 6.45) is 5.72. The van der Waals surface area contributed by atoms with Gasteiger partial charge >= 0.3 is 0 Å². The normalized spacial score (nSPS) is 22.5. The Bertz CT molecular complexity index is 1810. The minimum Gasteiger partial charge on any atom is -0.410 e. The molecule has 1 aliphatic rings. The molecule has 0 radical (unpaired) electrons. The van der Waals surface area contributed by atoms with Crippen molar-refractivity contribution in [2.45, 2.75) is 63.0 Å². The predicted molar refractivity (Wildman–Crippen MR) is 159 cm³/mol. The lowest BCUT2D eigenvalue weighted by atomic mass is 9.56. The van der Waals surface area contributed by atoms with Gasteiger partial charge < -0.3 is 9.74 Å². The number of benzene rings is 1. The van der Waals surface area contributed by atoms with Gasteiger partial charge in [0.1, 0.15) is 10.5 Å². The number of aromatic nitrogens is 4. The minimum absolute atomic E-state index is 0.0649. The Hall–Kier alpha value is -3.37. The molecule has 1 aromatic carbocycles. The SMILES string of the molecule is Cc1ccc(S(=O)(=O)n2cc(-c3ncc(F)c(N[C@@]4(C)CCCC(C#N)(O[SiH3])C4(C)C)n3)c3cc(Cl)cnc32)cc1. The molecular formula is C28H30ClFN6O3SSi. The van der Waals surface area contributed by atoms with Gasteiger partial charge in [0.05, 0.1) is 22.2 Å². The fraction of sp³-hybridized carbons (Fsp3) is 0.357. The third-order valence-corrected chi connectivity index (χ3v) is 11.2. The second-order valence-electron chi connectivity index (χ2n) is 11.2. The quantitative estimate of drug-likeness (QED) is 0.309. The number of halogens is 2. The van der Waals surface area contributed by atoms with Crippen molar-refractivity contribution in [3.63, 3.8) is 0 Å². The number of hydrogen-bond acceptors (Lipinski definition) is 8. The number of rotatable bonds is 6. The number of aryl methyl sites for hydroxylation is 1. The highest BCUT2D eigenvalue weighted by atomic mass is 35.5. The molecule has 9 nitrogen and oxygen atoms in total. The van der Waals surface area contributed by atoms with Crippen LogP contribution in [0.5, 0.6) is 0 Å². The Morgan fingerprint density at radius 2 is 1.88 bits per heavy atom. The van der Waals surface area contributed by atoms with Crippen molar-refractivity contribution < 1.29 is 17.2 Å². The van der Waals surface area contributed by atoms with E-state index in [2.05, 4.69) is 26.3 Å². The Morgan fingerprint density at radius 3 is 2.54 bits per heavy atom. The molecular weight excluding hydrogens is 583 g/mol. The van der Waals surface area contributed by atoms with Crippen LogP contribution in [0, 0.1) is 29.5 Å². The van der Waals surface area contributed by atoms with E-state index in [-0.39, 0.29) is 27.2 Å². The number of fused-ring (bicyclic) bond motifs is 1. The number of anilines is 1. The van der Waals surface area contributed by atoms with E-state index >= 15 is 4.39 Å². The van der Waals surface area contributed by atoms with Gasteiger partial charge in [-0.3, -0.25) is 0 Å². The average Bonchev–Trinajstić information content (AvgIpc) is 3.31. The van der Waals surface area contributed by atoms with Crippen LogP contribution < -0.4 is 5.32 Å². The van der Waals surface area contributed by atoms with Gasteiger partial charge in [-0.2, -0.15) is 5.26 Å². The van der Waals surface area contributed by atoms with Gasteiger partial charge in [-0.1, -0.05) is 43.1 Å². The Balaban J connectivity index is 1.63. The number of nitrogens with zero attached hydrogens (tertiary/aromatic N) is 5. The molecule has 3 heterocycles. The molecule has 0 amide bonds. The highest BCUT2D eigenvalue weighted by Gasteiger charge is 2.58. The lowest BCUT2D eigenvalue weighted by Gasteiger charge is -2.56. The van der Waals surface area contributed by atoms with Crippen LogP contribution in [-0.2, 0) is 14.4 Å². The van der Waals surface area contributed by atoms with Gasteiger partial charge in [-0.05, 0) is 51.3 Å². The lowest BCUT2D eigenvalue weighted by Crippen LogP contribution is -2.64. The summed E-state index contributed by atoms with van der Waals surface area (Å²) in [5, 5.41) is 14.0. The summed E-state index contributed by atoms with van der Waals surface area (Å²) in [7, 11) is -3.67. The van der Waals surface area contributed by atoms with Crippen LogP contribution >= 0.6 is 11.6 Å². The van der Waals surface area contributed by atoms with Crippen molar-refractivity contribution >= 4 is 49.0 Å². The second-order valence-corrected chi connectivity index (χ2v) is 13.8. The fourth-order valence-electron chi connectivity index (χ4n) is 5.66. The number of pyridine rings is 1. The van der Waals surface area contributed by atoms with Gasteiger partial charge in [0.25, 0.3) is 10.0 Å². The topological polar surface area (TPSA) is 123 Å². The smallest absolute Gasteiger partial charge is 0.269 e. The van der Waals surface area contributed by atoms with E-state index in [4.69, 9.17) is 16.0 Å². The molecule has 2 atom stereocenters. The molecule has 0 spiro atoms. The summed E-state index contributed by atoms with van der Waals surface area (Å²) >= 11 is 6.26. The summed E-state index contributed by atoms with van der Waals surface area (Å²) < 4.78 is 49.5. The molecule has 1 saturated carbocycles. The Labute approximate surface area is 246 Å². The molecule has 41 heavy (non-hydrogen) atoms. The summed E-state index contributed by atoms with van der Waals surface area (Å²) in [4.78, 5) is 13.1. The van der Waals surface area contributed by atoms with Crippen molar-refractivity contribution in [3.05, 3.63) is 65.3 Å². The van der Waals surface area contributed by atoms with Gasteiger partial charge in [-0.25, -0.2) is 31.7 Å². The highest BCUT2D eigenvalue weighted by Crippen LogP contribution is 2.52. The molecule has 1 aliphatic carbocycles. The molecule has 0 bridgehead atoms. The first kappa shape index (κ1) is 29.1. The van der Waals surface area contributed by atoms with Crippen molar-refractivity contribution in [1.82, 2.24) is 18.9 Å². The van der Waals surface area contributed by atoms with Gasteiger partial charge in [0, 0.05) is 34.3 Å². The highest BCUT2D eigenvalue weighted by molar-refractivity contribution is 7.90. The summed E-state index contributed by atoms with van der Waals surface area (Å²) in [6, 6.07) is 10.4. The molecule has 4 aromatic rings. The van der Waals surface area contributed by atoms with Crippen molar-refractivity contribution in [1.29, 1.82) is 5.26 Å². The van der Waals surface area contributed by atoms with Crippen LogP contribution in [0.3, 0.4) is 0 Å². The molecule has 0 saturated heterocycles. The van der Waals surface area contributed by atoms with E-state index < -0.39 is 32.4 Å². The van der Waals surface area contributed by atoms with Crippen LogP contribution in [0.4, 0.5) is 10.2 Å². The maximum absolute atomic E-state index is 15.2. The lowest BCUT2D eigenvalue weighted by molar-refractivity contribution is -0.0626. The molecule has 13 heteroatoms. The maximum Gasteiger partial charge on any atom is 0.269 e. The molecule has 5 rings (SSSR count). The van der Waals surface area contributed by atoms with Gasteiger partial charge in [-0.15, -0.1) is 0 Å². The van der Waals surface area contributed by atoms with Crippen molar-refractivity contribution in [3.8, 4) is 17.5 Å². The van der Waals surface area contributed by atoms with Gasteiger partial charge in [0.2, 0.25) is 0 Å². The summed E-state index contributed by atoms with van der Waals surface area (Å²) in [5.41, 5.74) is -1.12. The van der Waals surface area contributed by atoms with Gasteiger partial charge in [0.15, 0.2) is 28.7 Å². The third kappa shape index (κ3) is 4.61. The zero-order chi connectivity index (χ0) is 29.8. The minimum atomic E-state index is -4.04. The number of nitrogens with one attached hydrogen (secondary N) is 1. The van der Waals surface area contributed by atoms with Crippen LogP contribution in [0.15, 0.2) is 53.8 Å². The molecule has 3 aromatic heterocycles. The first-order valence-corrected chi connectivity index (χ1v) is 15.7. The first-order chi connectivity index (χ1) is 19.3. The van der Waals surface area contributed by atoms with Crippen LogP contribution in [0.25, 0.3) is 22.4 Å². The summed E-state index contributed by atoms with van der Waals surface area (Å²) in [6.45, 7) is 7.69. The average molecular weight is 613 g/mol. The fourth-order valence-corrected chi connectivity index (χ4v) is 7.95. The maximum atomic E-state index is 15.2. The third-order valence-electron chi connectivity index (χ3n) is 8.66. The largest absolute Gasteiger partial charge is 0.410 e.